The van der Waals surface area contributed by atoms with E-state index in [1.807, 2.05) is 14.0 Å². The van der Waals surface area contributed by atoms with Crippen LogP contribution in [0.5, 0.6) is 0 Å². The molecule has 0 spiro atoms. The molecule has 0 radical (unpaired) electrons. The number of nitrogens with two attached hydrogens (primary N) is 1. The monoisotopic (exact) mass is 240 g/mol. The van der Waals surface area contributed by atoms with Crippen molar-refractivity contribution in [2.45, 2.75) is 31.4 Å². The molecule has 6 heteroatoms. The van der Waals surface area contributed by atoms with Gasteiger partial charge in [-0.25, -0.2) is 0 Å². The predicted molar refractivity (Wildman–Crippen MR) is 62.3 cm³/mol. The van der Waals surface area contributed by atoms with E-state index in [4.69, 9.17) is 15.2 Å². The van der Waals surface area contributed by atoms with Crippen molar-refractivity contribution in [3.8, 4) is 0 Å². The van der Waals surface area contributed by atoms with E-state index in [0.29, 0.717) is 19.8 Å². The summed E-state index contributed by atoms with van der Waals surface area (Å²) < 4.78 is 13.0. The smallest absolute Gasteiger partial charge is 0.0933 e. The van der Waals surface area contributed by atoms with E-state index in [9.17, 15) is 0 Å². The van der Waals surface area contributed by atoms with E-state index in [1.54, 1.807) is 10.9 Å². The van der Waals surface area contributed by atoms with Crippen LogP contribution in [0.15, 0.2) is 6.20 Å². The molecule has 17 heavy (non-hydrogen) atoms. The number of aromatic nitrogens is 3. The Balaban J connectivity index is 2.23. The van der Waals surface area contributed by atoms with Crippen LogP contribution in [0.1, 0.15) is 31.5 Å². The number of hydrogen-bond donors (Lipinski definition) is 1. The molecular weight excluding hydrogens is 220 g/mol. The van der Waals surface area contributed by atoms with Crippen molar-refractivity contribution in [2.75, 3.05) is 19.8 Å². The largest absolute Gasteiger partial charge is 0.381 e. The summed E-state index contributed by atoms with van der Waals surface area (Å²) in [5.74, 6) is 0. The van der Waals surface area contributed by atoms with Crippen molar-refractivity contribution in [3.63, 3.8) is 0 Å². The lowest BCUT2D eigenvalue weighted by Gasteiger charge is -2.41. The Bertz CT molecular complexity index is 355. The van der Waals surface area contributed by atoms with Crippen LogP contribution in [0.2, 0.25) is 0 Å². The van der Waals surface area contributed by atoms with Gasteiger partial charge >= 0.3 is 0 Å². The number of nitrogens with zero attached hydrogens (tertiary/aromatic N) is 3. The van der Waals surface area contributed by atoms with E-state index in [1.165, 1.54) is 0 Å². The third-order valence-corrected chi connectivity index (χ3v) is 3.41. The van der Waals surface area contributed by atoms with Gasteiger partial charge in [0.25, 0.3) is 0 Å². The lowest BCUT2D eigenvalue weighted by Crippen LogP contribution is -2.48. The zero-order valence-electron chi connectivity index (χ0n) is 10.4. The highest BCUT2D eigenvalue weighted by Gasteiger charge is 2.41. The summed E-state index contributed by atoms with van der Waals surface area (Å²) in [6.45, 7) is 4.03. The molecule has 1 aromatic heterocycles. The molecule has 0 saturated carbocycles. The summed E-state index contributed by atoms with van der Waals surface area (Å²) in [6.07, 6.45) is 3.33. The third kappa shape index (κ3) is 2.34. The van der Waals surface area contributed by atoms with Gasteiger partial charge in [0.2, 0.25) is 0 Å². The average molecular weight is 240 g/mol. The third-order valence-electron chi connectivity index (χ3n) is 3.41. The Labute approximate surface area is 101 Å². The van der Waals surface area contributed by atoms with Gasteiger partial charge in [-0.3, -0.25) is 4.68 Å². The highest BCUT2D eigenvalue weighted by atomic mass is 16.5. The van der Waals surface area contributed by atoms with Gasteiger partial charge in [-0.15, -0.1) is 5.10 Å². The van der Waals surface area contributed by atoms with E-state index in [0.717, 1.165) is 18.5 Å². The Hall–Kier alpha value is -0.980. The summed E-state index contributed by atoms with van der Waals surface area (Å²) in [5, 5.41) is 7.80. The molecule has 0 aromatic carbocycles. The average Bonchev–Trinajstić information content (AvgIpc) is 2.76. The van der Waals surface area contributed by atoms with Gasteiger partial charge in [0, 0.05) is 39.7 Å². The molecule has 0 bridgehead atoms. The molecule has 1 unspecified atom stereocenters. The molecule has 1 saturated heterocycles. The van der Waals surface area contributed by atoms with Crippen LogP contribution in [0.25, 0.3) is 0 Å². The minimum atomic E-state index is -0.345. The van der Waals surface area contributed by atoms with Gasteiger partial charge in [0.15, 0.2) is 0 Å². The quantitative estimate of drug-likeness (QED) is 0.824. The first kappa shape index (κ1) is 12.5. The standard InChI is InChI=1S/C11H20N4O2/c1-3-17-11(4-6-16-7-5-11)10(12)9-8-13-14-15(9)2/h8,10H,3-7,12H2,1-2H3. The fraction of sp³-hybridized carbons (Fsp3) is 0.818. The highest BCUT2D eigenvalue weighted by molar-refractivity contribution is 5.10. The maximum Gasteiger partial charge on any atom is 0.0933 e. The molecule has 1 fully saturated rings. The van der Waals surface area contributed by atoms with Crippen molar-refractivity contribution >= 4 is 0 Å². The van der Waals surface area contributed by atoms with Crippen molar-refractivity contribution in [1.82, 2.24) is 15.0 Å². The van der Waals surface area contributed by atoms with Crippen LogP contribution >= 0.6 is 0 Å². The number of aryl methyl sites for hydroxylation is 1. The molecule has 0 amide bonds. The Morgan fingerprint density at radius 3 is 2.82 bits per heavy atom. The lowest BCUT2D eigenvalue weighted by molar-refractivity contribution is -0.122. The molecule has 1 atom stereocenters. The number of hydrogen-bond acceptors (Lipinski definition) is 5. The second-order valence-electron chi connectivity index (χ2n) is 4.37. The fourth-order valence-electron chi connectivity index (χ4n) is 2.40. The van der Waals surface area contributed by atoms with Gasteiger partial charge in [0.1, 0.15) is 0 Å². The first-order valence-electron chi connectivity index (χ1n) is 6.01. The Morgan fingerprint density at radius 1 is 1.59 bits per heavy atom. The minimum Gasteiger partial charge on any atom is -0.381 e. The second kappa shape index (κ2) is 5.12. The van der Waals surface area contributed by atoms with Crippen molar-refractivity contribution < 1.29 is 9.47 Å². The first-order chi connectivity index (χ1) is 8.19. The number of ether oxygens (including phenoxy) is 2. The van der Waals surface area contributed by atoms with Gasteiger partial charge in [-0.2, -0.15) is 0 Å². The van der Waals surface area contributed by atoms with Crippen LogP contribution in [-0.2, 0) is 16.5 Å². The molecule has 1 aliphatic heterocycles. The summed E-state index contributed by atoms with van der Waals surface area (Å²) >= 11 is 0. The molecule has 0 aliphatic carbocycles. The van der Waals surface area contributed by atoms with Gasteiger partial charge in [-0.1, -0.05) is 5.21 Å². The van der Waals surface area contributed by atoms with Crippen LogP contribution < -0.4 is 5.73 Å². The van der Waals surface area contributed by atoms with Crippen LogP contribution in [0, 0.1) is 0 Å². The zero-order valence-corrected chi connectivity index (χ0v) is 10.4. The molecule has 1 aliphatic rings. The minimum absolute atomic E-state index is 0.216. The molecule has 2 rings (SSSR count). The molecule has 96 valence electrons. The van der Waals surface area contributed by atoms with E-state index in [2.05, 4.69) is 10.3 Å². The number of rotatable bonds is 4. The fourth-order valence-corrected chi connectivity index (χ4v) is 2.40. The summed E-state index contributed by atoms with van der Waals surface area (Å²) in [4.78, 5) is 0. The van der Waals surface area contributed by atoms with Crippen LogP contribution in [0.4, 0.5) is 0 Å². The molecule has 6 nitrogen and oxygen atoms in total. The maximum atomic E-state index is 6.35. The summed E-state index contributed by atoms with van der Waals surface area (Å²) in [6, 6.07) is -0.216. The molecular formula is C11H20N4O2. The Kier molecular flexibility index (Phi) is 3.76. The molecule has 2 N–H and O–H groups in total. The molecule has 1 aromatic rings. The highest BCUT2D eigenvalue weighted by Crippen LogP contribution is 2.35. The van der Waals surface area contributed by atoms with Gasteiger partial charge in [-0.05, 0) is 6.92 Å². The summed E-state index contributed by atoms with van der Waals surface area (Å²) in [7, 11) is 1.85. The Morgan fingerprint density at radius 2 is 2.29 bits per heavy atom. The van der Waals surface area contributed by atoms with E-state index < -0.39 is 0 Å². The van der Waals surface area contributed by atoms with Crippen LogP contribution in [-0.4, -0.2) is 40.4 Å². The van der Waals surface area contributed by atoms with E-state index in [-0.39, 0.29) is 11.6 Å². The first-order valence-corrected chi connectivity index (χ1v) is 6.01. The second-order valence-corrected chi connectivity index (χ2v) is 4.37. The van der Waals surface area contributed by atoms with Gasteiger partial charge < -0.3 is 15.2 Å². The lowest BCUT2D eigenvalue weighted by atomic mass is 9.84. The summed E-state index contributed by atoms with van der Waals surface area (Å²) in [5.41, 5.74) is 6.91. The van der Waals surface area contributed by atoms with E-state index >= 15 is 0 Å². The normalized spacial score (nSPS) is 21.4. The molecule has 2 heterocycles. The zero-order chi connectivity index (χ0) is 12.3. The van der Waals surface area contributed by atoms with Crippen LogP contribution in [0.3, 0.4) is 0 Å². The van der Waals surface area contributed by atoms with Crippen molar-refractivity contribution in [2.24, 2.45) is 12.8 Å². The predicted octanol–water partition coefficient (Wildman–Crippen LogP) is 0.401. The maximum absolute atomic E-state index is 6.35. The SMILES string of the molecule is CCOC1(C(N)c2cnnn2C)CCOCC1. The van der Waals surface area contributed by atoms with Crippen molar-refractivity contribution in [1.29, 1.82) is 0 Å². The topological polar surface area (TPSA) is 75.2 Å². The van der Waals surface area contributed by atoms with Gasteiger partial charge in [0.05, 0.1) is 23.5 Å². The van der Waals surface area contributed by atoms with Crippen molar-refractivity contribution in [3.05, 3.63) is 11.9 Å².